The molecule has 1 N–H and O–H groups in total. The van der Waals surface area contributed by atoms with Crippen LogP contribution in [0.25, 0.3) is 17.0 Å². The van der Waals surface area contributed by atoms with Gasteiger partial charge in [0.15, 0.2) is 5.11 Å². The van der Waals surface area contributed by atoms with Gasteiger partial charge in [-0.2, -0.15) is 0 Å². The molecule has 1 aliphatic heterocycles. The normalized spacial score (nSPS) is 15.8. The molecule has 1 fully saturated rings. The number of fused-ring (bicyclic) bond motifs is 1. The topological polar surface area (TPSA) is 82.9 Å². The lowest BCUT2D eigenvalue weighted by atomic mass is 10.1. The summed E-state index contributed by atoms with van der Waals surface area (Å²) in [5.74, 6) is -2.05. The molecule has 0 aliphatic carbocycles. The van der Waals surface area contributed by atoms with E-state index in [1.54, 1.807) is 54.1 Å². The molecule has 2 aromatic carbocycles. The minimum Gasteiger partial charge on any atom is -0.480 e. The van der Waals surface area contributed by atoms with Gasteiger partial charge in [0.25, 0.3) is 11.8 Å². The Morgan fingerprint density at radius 1 is 1.09 bits per heavy atom. The number of aliphatic carboxylic acids is 1. The Kier molecular flexibility index (Phi) is 5.82. The van der Waals surface area contributed by atoms with Crippen LogP contribution in [0.15, 0.2) is 60.3 Å². The van der Waals surface area contributed by atoms with Gasteiger partial charge in [0, 0.05) is 34.2 Å². The number of para-hydroxylation sites is 1. The number of carbonyl (C=O) groups is 3. The SMILES string of the molecule is CCN1C(=O)C(=Cc2cn(CC(=O)O)c3ccccc23)C(=O)N(c2ccc(Cl)cc2)C1=S. The van der Waals surface area contributed by atoms with Gasteiger partial charge in [-0.1, -0.05) is 29.8 Å². The predicted molar refractivity (Wildman–Crippen MR) is 126 cm³/mol. The van der Waals surface area contributed by atoms with Crippen molar-refractivity contribution in [3.05, 3.63) is 70.9 Å². The van der Waals surface area contributed by atoms with Crippen LogP contribution in [-0.4, -0.2) is 44.0 Å². The Hall–Kier alpha value is -3.49. The highest BCUT2D eigenvalue weighted by atomic mass is 35.5. The van der Waals surface area contributed by atoms with Gasteiger partial charge in [0.2, 0.25) is 0 Å². The van der Waals surface area contributed by atoms with E-state index in [1.807, 2.05) is 12.1 Å². The van der Waals surface area contributed by atoms with E-state index in [1.165, 1.54) is 15.9 Å². The quantitative estimate of drug-likeness (QED) is 0.349. The minimum absolute atomic E-state index is 0.0615. The number of carboxylic acids is 1. The fraction of sp³-hybridized carbons (Fsp3) is 0.130. The average molecular weight is 468 g/mol. The molecule has 1 saturated heterocycles. The molecular formula is C23H18ClN3O4S. The Morgan fingerprint density at radius 2 is 1.78 bits per heavy atom. The molecule has 0 radical (unpaired) electrons. The molecule has 32 heavy (non-hydrogen) atoms. The van der Waals surface area contributed by atoms with Crippen molar-refractivity contribution >= 4 is 69.4 Å². The van der Waals surface area contributed by atoms with Gasteiger partial charge in [-0.3, -0.25) is 24.2 Å². The third kappa shape index (κ3) is 3.79. The van der Waals surface area contributed by atoms with Crippen LogP contribution in [0.5, 0.6) is 0 Å². The highest BCUT2D eigenvalue weighted by molar-refractivity contribution is 7.80. The van der Waals surface area contributed by atoms with Crippen molar-refractivity contribution in [1.82, 2.24) is 9.47 Å². The second-order valence-electron chi connectivity index (χ2n) is 7.13. The average Bonchev–Trinajstić information content (AvgIpc) is 3.10. The van der Waals surface area contributed by atoms with Crippen molar-refractivity contribution in [2.24, 2.45) is 0 Å². The van der Waals surface area contributed by atoms with Crippen molar-refractivity contribution in [1.29, 1.82) is 0 Å². The summed E-state index contributed by atoms with van der Waals surface area (Å²) < 4.78 is 1.57. The first kappa shape index (κ1) is 21.7. The molecule has 2 heterocycles. The molecule has 1 aliphatic rings. The summed E-state index contributed by atoms with van der Waals surface area (Å²) in [6.45, 7) is 1.82. The first-order chi connectivity index (χ1) is 15.3. The zero-order valence-corrected chi connectivity index (χ0v) is 18.6. The molecule has 0 atom stereocenters. The number of hydrogen-bond donors (Lipinski definition) is 1. The Bertz CT molecular complexity index is 1300. The molecule has 162 valence electrons. The molecule has 3 aromatic rings. The zero-order valence-electron chi connectivity index (χ0n) is 17.0. The summed E-state index contributed by atoms with van der Waals surface area (Å²) in [6, 6.07) is 13.8. The van der Waals surface area contributed by atoms with Gasteiger partial charge in [0.05, 0.1) is 5.69 Å². The summed E-state index contributed by atoms with van der Waals surface area (Å²) in [7, 11) is 0. The van der Waals surface area contributed by atoms with Crippen LogP contribution >= 0.6 is 23.8 Å². The molecule has 2 amide bonds. The second kappa shape index (κ2) is 8.57. The van der Waals surface area contributed by atoms with Crippen molar-refractivity contribution in [3.8, 4) is 0 Å². The van der Waals surface area contributed by atoms with Gasteiger partial charge >= 0.3 is 5.97 Å². The van der Waals surface area contributed by atoms with Gasteiger partial charge in [-0.25, -0.2) is 0 Å². The van der Waals surface area contributed by atoms with Crippen LogP contribution < -0.4 is 4.90 Å². The fourth-order valence-corrected chi connectivity index (χ4v) is 4.22. The van der Waals surface area contributed by atoms with Crippen molar-refractivity contribution in [3.63, 3.8) is 0 Å². The fourth-order valence-electron chi connectivity index (χ4n) is 3.69. The molecule has 0 spiro atoms. The van der Waals surface area contributed by atoms with Gasteiger partial charge in [-0.15, -0.1) is 0 Å². The minimum atomic E-state index is -0.994. The lowest BCUT2D eigenvalue weighted by Crippen LogP contribution is -2.56. The molecule has 4 rings (SSSR count). The number of anilines is 1. The van der Waals surface area contributed by atoms with Gasteiger partial charge < -0.3 is 9.67 Å². The summed E-state index contributed by atoms with van der Waals surface area (Å²) in [5, 5.41) is 10.6. The number of halogens is 1. The summed E-state index contributed by atoms with van der Waals surface area (Å²) >= 11 is 11.4. The van der Waals surface area contributed by atoms with E-state index in [0.717, 1.165) is 5.39 Å². The summed E-state index contributed by atoms with van der Waals surface area (Å²) in [4.78, 5) is 40.5. The standard InChI is InChI=1S/C23H18ClN3O4S/c1-2-26-21(30)18(22(31)27(23(26)32)16-9-7-15(24)8-10-16)11-14-12-25(13-20(28)29)19-6-4-3-5-17(14)19/h3-12H,2,13H2,1H3,(H,28,29). The highest BCUT2D eigenvalue weighted by Crippen LogP contribution is 2.29. The van der Waals surface area contributed by atoms with Crippen LogP contribution in [0.1, 0.15) is 12.5 Å². The van der Waals surface area contributed by atoms with E-state index in [-0.39, 0.29) is 23.8 Å². The number of carbonyl (C=O) groups excluding carboxylic acids is 2. The number of carboxylic acid groups (broad SMARTS) is 1. The van der Waals surface area contributed by atoms with Gasteiger partial charge in [0.1, 0.15) is 12.1 Å². The van der Waals surface area contributed by atoms with E-state index in [0.29, 0.717) is 21.8 Å². The Morgan fingerprint density at radius 3 is 2.44 bits per heavy atom. The number of nitrogens with zero attached hydrogens (tertiary/aromatic N) is 3. The molecule has 0 bridgehead atoms. The number of thiocarbonyl (C=S) groups is 1. The number of likely N-dealkylation sites (N-methyl/N-ethyl adjacent to an activating group) is 1. The van der Waals surface area contributed by atoms with Crippen LogP contribution in [-0.2, 0) is 20.9 Å². The number of hydrogen-bond acceptors (Lipinski definition) is 4. The van der Waals surface area contributed by atoms with E-state index in [4.69, 9.17) is 23.8 Å². The molecule has 1 aromatic heterocycles. The number of rotatable bonds is 5. The highest BCUT2D eigenvalue weighted by Gasteiger charge is 2.39. The maximum atomic E-state index is 13.4. The van der Waals surface area contributed by atoms with Crippen LogP contribution in [0.4, 0.5) is 5.69 Å². The van der Waals surface area contributed by atoms with Crippen molar-refractivity contribution in [2.75, 3.05) is 11.4 Å². The van der Waals surface area contributed by atoms with Crippen LogP contribution in [0.3, 0.4) is 0 Å². The van der Waals surface area contributed by atoms with Crippen LogP contribution in [0.2, 0.25) is 5.02 Å². The third-order valence-electron chi connectivity index (χ3n) is 5.16. The first-order valence-corrected chi connectivity index (χ1v) is 10.6. The lowest BCUT2D eigenvalue weighted by molar-refractivity contribution is -0.137. The molecule has 9 heteroatoms. The van der Waals surface area contributed by atoms with E-state index >= 15 is 0 Å². The van der Waals surface area contributed by atoms with E-state index < -0.39 is 17.8 Å². The number of aromatic nitrogens is 1. The van der Waals surface area contributed by atoms with Gasteiger partial charge in [-0.05, 0) is 55.5 Å². The van der Waals surface area contributed by atoms with Crippen molar-refractivity contribution in [2.45, 2.75) is 13.5 Å². The predicted octanol–water partition coefficient (Wildman–Crippen LogP) is 3.94. The maximum absolute atomic E-state index is 13.4. The summed E-state index contributed by atoms with van der Waals surface area (Å²) in [5.41, 5.74) is 1.69. The third-order valence-corrected chi connectivity index (χ3v) is 5.81. The van der Waals surface area contributed by atoms with E-state index in [2.05, 4.69) is 0 Å². The maximum Gasteiger partial charge on any atom is 0.323 e. The lowest BCUT2D eigenvalue weighted by Gasteiger charge is -2.36. The molecule has 7 nitrogen and oxygen atoms in total. The molecular weight excluding hydrogens is 450 g/mol. The number of benzene rings is 2. The molecule has 0 saturated carbocycles. The van der Waals surface area contributed by atoms with Crippen molar-refractivity contribution < 1.29 is 19.5 Å². The summed E-state index contributed by atoms with van der Waals surface area (Å²) in [6.07, 6.45) is 3.13. The first-order valence-electron chi connectivity index (χ1n) is 9.79. The number of amides is 2. The van der Waals surface area contributed by atoms with E-state index in [9.17, 15) is 19.5 Å². The smallest absolute Gasteiger partial charge is 0.323 e. The largest absolute Gasteiger partial charge is 0.480 e. The van der Waals surface area contributed by atoms with Crippen LogP contribution in [0, 0.1) is 0 Å². The second-order valence-corrected chi connectivity index (χ2v) is 7.93. The monoisotopic (exact) mass is 467 g/mol. The Labute approximate surface area is 194 Å². The zero-order chi connectivity index (χ0) is 23.0. The molecule has 0 unspecified atom stereocenters. The Balaban J connectivity index is 1.85.